The first-order valence-corrected chi connectivity index (χ1v) is 6.15. The van der Waals surface area contributed by atoms with Gasteiger partial charge >= 0.3 is 0 Å². The summed E-state index contributed by atoms with van der Waals surface area (Å²) in [5, 5.41) is 22.6. The van der Waals surface area contributed by atoms with Gasteiger partial charge in [-0.1, -0.05) is 29.3 Å². The molecule has 0 aliphatic carbocycles. The van der Waals surface area contributed by atoms with Crippen molar-refractivity contribution in [2.45, 2.75) is 6.10 Å². The van der Waals surface area contributed by atoms with Gasteiger partial charge in [0.05, 0.1) is 28.3 Å². The van der Waals surface area contributed by atoms with E-state index in [9.17, 15) is 5.11 Å². The minimum Gasteiger partial charge on any atom is -0.394 e. The average molecular weight is 287 g/mol. The van der Waals surface area contributed by atoms with Gasteiger partial charge in [0.2, 0.25) is 0 Å². The lowest BCUT2D eigenvalue weighted by Crippen LogP contribution is -2.23. The number of fused-ring (bicyclic) bond motifs is 1. The third-order valence-electron chi connectivity index (χ3n) is 2.48. The zero-order chi connectivity index (χ0) is 13.1. The molecular formula is C12H12Cl2N2O2. The Labute approximate surface area is 114 Å². The van der Waals surface area contributed by atoms with Crippen LogP contribution in [0.3, 0.4) is 0 Å². The SMILES string of the molecule is OCC(O)CNc1ccc2ccc(Cl)c(Cl)c2n1. The molecule has 0 amide bonds. The van der Waals surface area contributed by atoms with Crippen LogP contribution in [0, 0.1) is 0 Å². The van der Waals surface area contributed by atoms with E-state index >= 15 is 0 Å². The molecule has 1 heterocycles. The smallest absolute Gasteiger partial charge is 0.126 e. The van der Waals surface area contributed by atoms with Crippen LogP contribution in [-0.4, -0.2) is 34.5 Å². The molecule has 18 heavy (non-hydrogen) atoms. The maximum atomic E-state index is 9.24. The molecule has 4 nitrogen and oxygen atoms in total. The van der Waals surface area contributed by atoms with Crippen LogP contribution >= 0.6 is 23.2 Å². The van der Waals surface area contributed by atoms with E-state index in [0.29, 0.717) is 21.4 Å². The summed E-state index contributed by atoms with van der Waals surface area (Å²) < 4.78 is 0. The molecule has 0 aliphatic heterocycles. The Morgan fingerprint density at radius 2 is 1.94 bits per heavy atom. The first-order chi connectivity index (χ1) is 8.61. The van der Waals surface area contributed by atoms with Crippen molar-refractivity contribution in [1.82, 2.24) is 4.98 Å². The lowest BCUT2D eigenvalue weighted by Gasteiger charge is -2.10. The number of benzene rings is 1. The Bertz CT molecular complexity index is 563. The molecule has 1 aromatic carbocycles. The molecule has 2 aromatic rings. The molecule has 1 aromatic heterocycles. The summed E-state index contributed by atoms with van der Waals surface area (Å²) >= 11 is 12.0. The number of nitrogens with one attached hydrogen (secondary N) is 1. The quantitative estimate of drug-likeness (QED) is 0.807. The molecular weight excluding hydrogens is 275 g/mol. The molecule has 0 saturated heterocycles. The van der Waals surface area contributed by atoms with Crippen LogP contribution in [0.2, 0.25) is 10.0 Å². The van der Waals surface area contributed by atoms with Crippen molar-refractivity contribution in [3.63, 3.8) is 0 Å². The molecule has 96 valence electrons. The zero-order valence-electron chi connectivity index (χ0n) is 9.40. The van der Waals surface area contributed by atoms with Gasteiger partial charge in [-0.3, -0.25) is 0 Å². The molecule has 2 rings (SSSR count). The van der Waals surface area contributed by atoms with Gasteiger partial charge in [0.1, 0.15) is 5.82 Å². The third-order valence-corrected chi connectivity index (χ3v) is 3.28. The summed E-state index contributed by atoms with van der Waals surface area (Å²) in [7, 11) is 0. The van der Waals surface area contributed by atoms with Crippen LogP contribution in [0.1, 0.15) is 0 Å². The van der Waals surface area contributed by atoms with E-state index in [1.165, 1.54) is 0 Å². The number of rotatable bonds is 4. The number of hydrogen-bond acceptors (Lipinski definition) is 4. The fourth-order valence-electron chi connectivity index (χ4n) is 1.51. The Hall–Kier alpha value is -1.07. The standard InChI is InChI=1S/C12H12Cl2N2O2/c13-9-3-1-7-2-4-10(15-5-8(18)6-17)16-12(7)11(9)14/h1-4,8,17-18H,5-6H2,(H,15,16). The van der Waals surface area contributed by atoms with Crippen LogP contribution in [0.25, 0.3) is 10.9 Å². The van der Waals surface area contributed by atoms with E-state index in [2.05, 4.69) is 10.3 Å². The molecule has 1 atom stereocenters. The number of pyridine rings is 1. The molecule has 0 fully saturated rings. The Morgan fingerprint density at radius 1 is 1.22 bits per heavy atom. The predicted molar refractivity (Wildman–Crippen MR) is 73.3 cm³/mol. The van der Waals surface area contributed by atoms with E-state index in [1.807, 2.05) is 12.1 Å². The van der Waals surface area contributed by atoms with Crippen LogP contribution in [-0.2, 0) is 0 Å². The van der Waals surface area contributed by atoms with Crippen molar-refractivity contribution in [3.8, 4) is 0 Å². The number of aromatic nitrogens is 1. The molecule has 0 aliphatic rings. The van der Waals surface area contributed by atoms with Crippen molar-refractivity contribution in [3.05, 3.63) is 34.3 Å². The van der Waals surface area contributed by atoms with Crippen molar-refractivity contribution in [2.75, 3.05) is 18.5 Å². The van der Waals surface area contributed by atoms with E-state index in [-0.39, 0.29) is 13.2 Å². The van der Waals surface area contributed by atoms with Crippen LogP contribution in [0.4, 0.5) is 5.82 Å². The zero-order valence-corrected chi connectivity index (χ0v) is 10.9. The minimum absolute atomic E-state index is 0.215. The van der Waals surface area contributed by atoms with Crippen molar-refractivity contribution in [2.24, 2.45) is 0 Å². The fourth-order valence-corrected chi connectivity index (χ4v) is 1.88. The van der Waals surface area contributed by atoms with E-state index in [4.69, 9.17) is 28.3 Å². The Morgan fingerprint density at radius 3 is 2.67 bits per heavy atom. The predicted octanol–water partition coefficient (Wildman–Crippen LogP) is 2.31. The number of hydrogen-bond donors (Lipinski definition) is 3. The van der Waals surface area contributed by atoms with Gasteiger partial charge in [-0.15, -0.1) is 0 Å². The Kier molecular flexibility index (Phi) is 4.24. The lowest BCUT2D eigenvalue weighted by molar-refractivity contribution is 0.105. The first-order valence-electron chi connectivity index (χ1n) is 5.39. The maximum Gasteiger partial charge on any atom is 0.126 e. The van der Waals surface area contributed by atoms with Crippen molar-refractivity contribution >= 4 is 39.9 Å². The molecule has 0 bridgehead atoms. The maximum absolute atomic E-state index is 9.24. The minimum atomic E-state index is -0.822. The van der Waals surface area contributed by atoms with Gasteiger partial charge in [0.25, 0.3) is 0 Å². The second-order valence-corrected chi connectivity index (χ2v) is 4.63. The second-order valence-electron chi connectivity index (χ2n) is 3.85. The lowest BCUT2D eigenvalue weighted by atomic mass is 10.2. The van der Waals surface area contributed by atoms with Gasteiger partial charge in [-0.25, -0.2) is 4.98 Å². The summed E-state index contributed by atoms with van der Waals surface area (Å²) in [6.07, 6.45) is -0.822. The molecule has 6 heteroatoms. The summed E-state index contributed by atoms with van der Waals surface area (Å²) in [4.78, 5) is 4.32. The van der Waals surface area contributed by atoms with Crippen molar-refractivity contribution < 1.29 is 10.2 Å². The highest BCUT2D eigenvalue weighted by atomic mass is 35.5. The topological polar surface area (TPSA) is 65.4 Å². The average Bonchev–Trinajstić information content (AvgIpc) is 2.40. The van der Waals surface area contributed by atoms with E-state index < -0.39 is 6.10 Å². The highest BCUT2D eigenvalue weighted by Crippen LogP contribution is 2.30. The molecule has 0 radical (unpaired) electrons. The number of anilines is 1. The molecule has 0 spiro atoms. The van der Waals surface area contributed by atoms with Gasteiger partial charge < -0.3 is 15.5 Å². The summed E-state index contributed by atoms with van der Waals surface area (Å²) in [6, 6.07) is 7.19. The van der Waals surface area contributed by atoms with E-state index in [1.54, 1.807) is 12.1 Å². The van der Waals surface area contributed by atoms with Gasteiger partial charge in [0.15, 0.2) is 0 Å². The monoisotopic (exact) mass is 286 g/mol. The number of halogens is 2. The normalized spacial score (nSPS) is 12.7. The number of aliphatic hydroxyl groups excluding tert-OH is 2. The van der Waals surface area contributed by atoms with E-state index in [0.717, 1.165) is 5.39 Å². The largest absolute Gasteiger partial charge is 0.394 e. The second kappa shape index (κ2) is 5.71. The van der Waals surface area contributed by atoms with Crippen LogP contribution in [0.15, 0.2) is 24.3 Å². The number of nitrogens with zero attached hydrogens (tertiary/aromatic N) is 1. The van der Waals surface area contributed by atoms with Gasteiger partial charge in [-0.05, 0) is 18.2 Å². The molecule has 3 N–H and O–H groups in total. The summed E-state index contributed by atoms with van der Waals surface area (Å²) in [5.74, 6) is 0.569. The summed E-state index contributed by atoms with van der Waals surface area (Å²) in [5.41, 5.74) is 0.604. The highest BCUT2D eigenvalue weighted by Gasteiger charge is 2.07. The van der Waals surface area contributed by atoms with Crippen LogP contribution in [0.5, 0.6) is 0 Å². The summed E-state index contributed by atoms with van der Waals surface area (Å²) in [6.45, 7) is -0.0830. The van der Waals surface area contributed by atoms with Crippen molar-refractivity contribution in [1.29, 1.82) is 0 Å². The number of aliphatic hydroxyl groups is 2. The van der Waals surface area contributed by atoms with Crippen LogP contribution < -0.4 is 5.32 Å². The fraction of sp³-hybridized carbons (Fsp3) is 0.250. The highest BCUT2D eigenvalue weighted by molar-refractivity contribution is 6.45. The Balaban J connectivity index is 2.29. The first kappa shape index (κ1) is 13.4. The van der Waals surface area contributed by atoms with Gasteiger partial charge in [0, 0.05) is 11.9 Å². The molecule has 1 unspecified atom stereocenters. The third kappa shape index (κ3) is 2.84. The van der Waals surface area contributed by atoms with Gasteiger partial charge in [-0.2, -0.15) is 0 Å². The molecule has 0 saturated carbocycles.